The highest BCUT2D eigenvalue weighted by atomic mass is 16.5. The number of carbonyl (C=O) groups excluding carboxylic acids is 1. The molecule has 1 amide bonds. The van der Waals surface area contributed by atoms with Gasteiger partial charge in [0.15, 0.2) is 0 Å². The van der Waals surface area contributed by atoms with Crippen LogP contribution in [0.1, 0.15) is 21.5 Å². The zero-order valence-corrected chi connectivity index (χ0v) is 12.4. The van der Waals surface area contributed by atoms with Gasteiger partial charge in [-0.1, -0.05) is 12.1 Å². The number of ether oxygens (including phenoxy) is 1. The quantitative estimate of drug-likeness (QED) is 0.911. The lowest BCUT2D eigenvalue weighted by Crippen LogP contribution is -2.44. The topological polar surface area (TPSA) is 61.8 Å². The molecule has 22 heavy (non-hydrogen) atoms. The van der Waals surface area contributed by atoms with Crippen LogP contribution in [-0.2, 0) is 13.0 Å². The molecule has 5 heteroatoms. The summed E-state index contributed by atoms with van der Waals surface area (Å²) in [5.41, 5.74) is 5.71. The van der Waals surface area contributed by atoms with E-state index in [1.54, 1.807) is 43.5 Å². The summed E-state index contributed by atoms with van der Waals surface area (Å²) in [5.74, 6) is 0.740. The fourth-order valence-corrected chi connectivity index (χ4v) is 2.61. The first kappa shape index (κ1) is 14.4. The smallest absolute Gasteiger partial charge is 0.265 e. The number of aromatic hydroxyl groups is 1. The molecule has 0 unspecified atom stereocenters. The number of methoxy groups -OCH3 is 1. The second-order valence-corrected chi connectivity index (χ2v) is 5.30. The second kappa shape index (κ2) is 6.07. The maximum absolute atomic E-state index is 12.3. The van der Waals surface area contributed by atoms with E-state index in [-0.39, 0.29) is 11.7 Å². The van der Waals surface area contributed by atoms with E-state index >= 15 is 0 Å². The lowest BCUT2D eigenvalue weighted by Gasteiger charge is -2.29. The summed E-state index contributed by atoms with van der Waals surface area (Å²) >= 11 is 0. The minimum absolute atomic E-state index is 0.164. The minimum Gasteiger partial charge on any atom is -0.508 e. The van der Waals surface area contributed by atoms with Gasteiger partial charge in [0.2, 0.25) is 0 Å². The van der Waals surface area contributed by atoms with Gasteiger partial charge in [0.05, 0.1) is 7.11 Å². The number of nitrogens with one attached hydrogen (secondary N) is 1. The Morgan fingerprint density at radius 1 is 1.23 bits per heavy atom. The van der Waals surface area contributed by atoms with Crippen LogP contribution >= 0.6 is 0 Å². The fourth-order valence-electron chi connectivity index (χ4n) is 2.61. The molecule has 2 aromatic rings. The first-order chi connectivity index (χ1) is 10.7. The molecule has 0 fully saturated rings. The van der Waals surface area contributed by atoms with Gasteiger partial charge in [-0.05, 0) is 47.9 Å². The number of nitrogens with zero attached hydrogens (tertiary/aromatic N) is 1. The molecule has 114 valence electrons. The third-order valence-electron chi connectivity index (χ3n) is 3.79. The highest BCUT2D eigenvalue weighted by Crippen LogP contribution is 2.22. The van der Waals surface area contributed by atoms with Crippen LogP contribution in [0.2, 0.25) is 0 Å². The molecule has 3 rings (SSSR count). The lowest BCUT2D eigenvalue weighted by molar-refractivity contribution is 0.0763. The Morgan fingerprint density at radius 3 is 2.91 bits per heavy atom. The van der Waals surface area contributed by atoms with Crippen molar-refractivity contribution in [3.63, 3.8) is 0 Å². The van der Waals surface area contributed by atoms with Crippen molar-refractivity contribution in [3.8, 4) is 11.5 Å². The molecule has 0 aliphatic carbocycles. The number of phenols is 1. The number of hydrogen-bond donors (Lipinski definition) is 2. The number of fused-ring (bicyclic) bond motifs is 1. The van der Waals surface area contributed by atoms with Crippen LogP contribution in [0.5, 0.6) is 11.5 Å². The normalized spacial score (nSPS) is 14.2. The van der Waals surface area contributed by atoms with Gasteiger partial charge in [0.1, 0.15) is 11.5 Å². The van der Waals surface area contributed by atoms with E-state index in [9.17, 15) is 9.90 Å². The van der Waals surface area contributed by atoms with Crippen LogP contribution < -0.4 is 10.2 Å². The van der Waals surface area contributed by atoms with E-state index in [0.717, 1.165) is 18.5 Å². The molecule has 1 heterocycles. The molecule has 1 aliphatic heterocycles. The molecule has 0 aromatic heterocycles. The summed E-state index contributed by atoms with van der Waals surface area (Å²) < 4.78 is 5.13. The average Bonchev–Trinajstić information content (AvgIpc) is 2.54. The van der Waals surface area contributed by atoms with Crippen molar-refractivity contribution in [1.29, 1.82) is 0 Å². The van der Waals surface area contributed by atoms with Crippen molar-refractivity contribution in [3.05, 3.63) is 59.2 Å². The SMILES string of the molecule is COc1cccc(C(=O)NN2CCc3ccc(O)cc3C2)c1. The summed E-state index contributed by atoms with van der Waals surface area (Å²) in [6, 6.07) is 12.4. The van der Waals surface area contributed by atoms with Crippen LogP contribution in [0.3, 0.4) is 0 Å². The van der Waals surface area contributed by atoms with Gasteiger partial charge in [-0.3, -0.25) is 10.2 Å². The summed E-state index contributed by atoms with van der Waals surface area (Å²) in [5, 5.41) is 11.4. The van der Waals surface area contributed by atoms with E-state index in [0.29, 0.717) is 17.9 Å². The molecule has 5 nitrogen and oxygen atoms in total. The van der Waals surface area contributed by atoms with Crippen LogP contribution in [0.15, 0.2) is 42.5 Å². The number of benzene rings is 2. The Hall–Kier alpha value is -2.53. The summed E-state index contributed by atoms with van der Waals surface area (Å²) in [6.07, 6.45) is 0.841. The van der Waals surface area contributed by atoms with Crippen molar-refractivity contribution in [2.24, 2.45) is 0 Å². The zero-order chi connectivity index (χ0) is 15.5. The Labute approximate surface area is 129 Å². The monoisotopic (exact) mass is 298 g/mol. The maximum atomic E-state index is 12.3. The van der Waals surface area contributed by atoms with E-state index in [1.807, 2.05) is 11.1 Å². The Kier molecular flexibility index (Phi) is 3.98. The molecule has 2 N–H and O–H groups in total. The van der Waals surface area contributed by atoms with Crippen molar-refractivity contribution in [2.45, 2.75) is 13.0 Å². The van der Waals surface area contributed by atoms with E-state index in [2.05, 4.69) is 5.43 Å². The molecule has 0 saturated carbocycles. The van der Waals surface area contributed by atoms with Gasteiger partial charge in [0, 0.05) is 18.7 Å². The van der Waals surface area contributed by atoms with Crippen LogP contribution in [0.4, 0.5) is 0 Å². The van der Waals surface area contributed by atoms with Gasteiger partial charge >= 0.3 is 0 Å². The Bertz CT molecular complexity index is 700. The van der Waals surface area contributed by atoms with E-state index in [4.69, 9.17) is 4.74 Å². The third kappa shape index (κ3) is 3.04. The number of hydrogen-bond acceptors (Lipinski definition) is 4. The van der Waals surface area contributed by atoms with Gasteiger partial charge in [0.25, 0.3) is 5.91 Å². The predicted octanol–water partition coefficient (Wildman–Crippen LogP) is 2.10. The van der Waals surface area contributed by atoms with Gasteiger partial charge in [-0.2, -0.15) is 0 Å². The van der Waals surface area contributed by atoms with Gasteiger partial charge in [-0.25, -0.2) is 5.01 Å². The van der Waals surface area contributed by atoms with Gasteiger partial charge < -0.3 is 9.84 Å². The molecule has 0 atom stereocenters. The summed E-state index contributed by atoms with van der Waals surface area (Å²) in [4.78, 5) is 12.3. The van der Waals surface area contributed by atoms with Crippen molar-refractivity contribution < 1.29 is 14.6 Å². The standard InChI is InChI=1S/C17H18N2O3/c1-22-16-4-2-3-13(10-16)17(21)18-19-8-7-12-5-6-15(20)9-14(12)11-19/h2-6,9-10,20H,7-8,11H2,1H3,(H,18,21). The minimum atomic E-state index is -0.164. The zero-order valence-electron chi connectivity index (χ0n) is 12.4. The molecular weight excluding hydrogens is 280 g/mol. The molecule has 0 bridgehead atoms. The number of carbonyl (C=O) groups is 1. The van der Waals surface area contributed by atoms with Crippen LogP contribution in [-0.4, -0.2) is 29.7 Å². The average molecular weight is 298 g/mol. The summed E-state index contributed by atoms with van der Waals surface area (Å²) in [7, 11) is 1.57. The lowest BCUT2D eigenvalue weighted by atomic mass is 10.0. The third-order valence-corrected chi connectivity index (χ3v) is 3.79. The van der Waals surface area contributed by atoms with Crippen molar-refractivity contribution >= 4 is 5.91 Å². The molecule has 1 aliphatic rings. The largest absolute Gasteiger partial charge is 0.508 e. The highest BCUT2D eigenvalue weighted by molar-refractivity contribution is 5.94. The maximum Gasteiger partial charge on any atom is 0.265 e. The summed E-state index contributed by atoms with van der Waals surface area (Å²) in [6.45, 7) is 1.33. The first-order valence-electron chi connectivity index (χ1n) is 7.16. The number of phenolic OH excluding ortho intramolecular Hbond substituents is 1. The Balaban J connectivity index is 1.70. The molecule has 0 saturated heterocycles. The fraction of sp³-hybridized carbons (Fsp3) is 0.235. The van der Waals surface area contributed by atoms with Gasteiger partial charge in [-0.15, -0.1) is 0 Å². The van der Waals surface area contributed by atoms with Crippen molar-refractivity contribution in [1.82, 2.24) is 10.4 Å². The molecule has 2 aromatic carbocycles. The van der Waals surface area contributed by atoms with Crippen molar-refractivity contribution in [2.75, 3.05) is 13.7 Å². The molecule has 0 spiro atoms. The number of amides is 1. The highest BCUT2D eigenvalue weighted by Gasteiger charge is 2.19. The second-order valence-electron chi connectivity index (χ2n) is 5.30. The van der Waals surface area contributed by atoms with E-state index < -0.39 is 0 Å². The predicted molar refractivity (Wildman–Crippen MR) is 82.7 cm³/mol. The Morgan fingerprint density at radius 2 is 2.09 bits per heavy atom. The first-order valence-corrected chi connectivity index (χ1v) is 7.16. The molecular formula is C17H18N2O3. The van der Waals surface area contributed by atoms with Crippen LogP contribution in [0, 0.1) is 0 Å². The van der Waals surface area contributed by atoms with Crippen LogP contribution in [0.25, 0.3) is 0 Å². The molecule has 0 radical (unpaired) electrons. The number of hydrazine groups is 1. The van der Waals surface area contributed by atoms with E-state index in [1.165, 1.54) is 5.56 Å². The number of rotatable bonds is 3.